The normalized spacial score (nSPS) is 9.74. The minimum Gasteiger partial charge on any atom is -1.00 e. The minimum absolute atomic E-state index is 0. The van der Waals surface area contributed by atoms with E-state index in [9.17, 15) is 4.57 Å². The van der Waals surface area contributed by atoms with Crippen LogP contribution in [0.15, 0.2) is 79.1 Å². The van der Waals surface area contributed by atoms with Gasteiger partial charge >= 0.3 is 0 Å². The molecule has 0 aliphatic carbocycles. The molecule has 3 aromatic rings. The molecule has 7 heteroatoms. The summed E-state index contributed by atoms with van der Waals surface area (Å²) in [7, 11) is -3.00. The van der Waals surface area contributed by atoms with Crippen molar-refractivity contribution in [1.29, 1.82) is 0 Å². The number of halogens is 2. The fraction of sp³-hybridized carbons (Fsp3) is 0. The van der Waals surface area contributed by atoms with E-state index in [4.69, 9.17) is 0 Å². The van der Waals surface area contributed by atoms with Gasteiger partial charge in [-0.25, -0.2) is 0 Å². The topological polar surface area (TPSA) is 42.9 Å². The molecule has 0 atom stereocenters. The van der Waals surface area contributed by atoms with Crippen molar-refractivity contribution < 1.29 is 49.5 Å². The SMILES string of the molecule is O=P(c1ccccc1)(c1ccccn1)c1ccccn1.[Cl-].[Cl-].[Ir]. The predicted octanol–water partition coefficient (Wildman–Crippen LogP) is -3.88. The van der Waals surface area contributed by atoms with Crippen LogP contribution in [0.2, 0.25) is 0 Å². The fourth-order valence-corrected chi connectivity index (χ4v) is 4.51. The first kappa shape index (κ1) is 22.0. The summed E-state index contributed by atoms with van der Waals surface area (Å²) in [6, 6.07) is 20.3. The molecule has 123 valence electrons. The molecule has 0 bridgehead atoms. The first-order chi connectivity index (χ1) is 9.82. The Morgan fingerprint density at radius 1 is 0.652 bits per heavy atom. The minimum atomic E-state index is -3.00. The third-order valence-corrected chi connectivity index (χ3v) is 5.91. The molecule has 2 heterocycles. The summed E-state index contributed by atoms with van der Waals surface area (Å²) < 4.78 is 13.7. The third kappa shape index (κ3) is 4.50. The summed E-state index contributed by atoms with van der Waals surface area (Å²) in [5, 5.41) is 0.748. The Morgan fingerprint density at radius 3 is 1.48 bits per heavy atom. The smallest absolute Gasteiger partial charge is 0.205 e. The summed E-state index contributed by atoms with van der Waals surface area (Å²) in [6.45, 7) is 0. The molecule has 1 radical (unpaired) electrons. The Labute approximate surface area is 161 Å². The van der Waals surface area contributed by atoms with Crippen molar-refractivity contribution in [2.24, 2.45) is 0 Å². The molecule has 0 fully saturated rings. The van der Waals surface area contributed by atoms with Gasteiger partial charge in [-0.05, 0) is 24.3 Å². The second kappa shape index (κ2) is 9.97. The number of nitrogens with zero attached hydrogens (tertiary/aromatic N) is 2. The standard InChI is InChI=1S/C16H13N2OP.2ClH.Ir/c19-20(14-8-2-1-3-9-14,15-10-4-6-12-17-15)16-11-5-7-13-18-16;;;/h1-13H;2*1H;/p-2. The van der Waals surface area contributed by atoms with Gasteiger partial charge in [-0.3, -0.25) is 9.97 Å². The van der Waals surface area contributed by atoms with Crippen LogP contribution in [-0.4, -0.2) is 9.97 Å². The molecular formula is C16H13Cl2IrN2OP-2. The fourth-order valence-electron chi connectivity index (χ4n) is 2.10. The zero-order valence-corrected chi connectivity index (χ0v) is 16.6. The molecule has 0 spiro atoms. The van der Waals surface area contributed by atoms with Crippen molar-refractivity contribution in [2.45, 2.75) is 0 Å². The number of hydrogen-bond donors (Lipinski definition) is 0. The second-order valence-corrected chi connectivity index (χ2v) is 6.97. The Bertz CT molecular complexity index is 642. The number of rotatable bonds is 3. The van der Waals surface area contributed by atoms with Crippen molar-refractivity contribution in [1.82, 2.24) is 9.97 Å². The molecule has 0 aliphatic heterocycles. The Hall–Kier alpha value is -1.02. The molecule has 0 aliphatic rings. The Balaban J connectivity index is 0.00000161. The summed E-state index contributed by atoms with van der Waals surface area (Å²) >= 11 is 0. The molecule has 0 N–H and O–H groups in total. The summed E-state index contributed by atoms with van der Waals surface area (Å²) in [6.07, 6.45) is 3.32. The Morgan fingerprint density at radius 2 is 1.09 bits per heavy atom. The molecule has 0 saturated heterocycles. The first-order valence-corrected chi connectivity index (χ1v) is 8.01. The molecule has 0 saturated carbocycles. The predicted molar refractivity (Wildman–Crippen MR) is 81.4 cm³/mol. The van der Waals surface area contributed by atoms with Crippen molar-refractivity contribution >= 4 is 23.3 Å². The largest absolute Gasteiger partial charge is 1.00 e. The van der Waals surface area contributed by atoms with Gasteiger partial charge in [0.15, 0.2) is 0 Å². The van der Waals surface area contributed by atoms with Gasteiger partial charge in [0.1, 0.15) is 10.9 Å². The van der Waals surface area contributed by atoms with Crippen LogP contribution >= 0.6 is 7.14 Å². The molecule has 0 unspecified atom stereocenters. The summed E-state index contributed by atoms with van der Waals surface area (Å²) in [5.74, 6) is 0. The van der Waals surface area contributed by atoms with Crippen LogP contribution in [0.3, 0.4) is 0 Å². The quantitative estimate of drug-likeness (QED) is 0.318. The van der Waals surface area contributed by atoms with Gasteiger partial charge in [0, 0.05) is 37.8 Å². The van der Waals surface area contributed by atoms with Gasteiger partial charge in [0.05, 0.1) is 0 Å². The van der Waals surface area contributed by atoms with Crippen molar-refractivity contribution in [3.63, 3.8) is 0 Å². The van der Waals surface area contributed by atoms with Gasteiger partial charge in [-0.15, -0.1) is 0 Å². The van der Waals surface area contributed by atoms with Gasteiger partial charge in [0.2, 0.25) is 7.14 Å². The van der Waals surface area contributed by atoms with Gasteiger partial charge in [-0.1, -0.05) is 42.5 Å². The molecule has 23 heavy (non-hydrogen) atoms. The third-order valence-electron chi connectivity index (χ3n) is 3.06. The maximum Gasteiger partial charge on any atom is 0.205 e. The number of benzene rings is 1. The van der Waals surface area contributed by atoms with Crippen LogP contribution in [0.5, 0.6) is 0 Å². The maximum atomic E-state index is 13.7. The molecule has 3 nitrogen and oxygen atoms in total. The van der Waals surface area contributed by atoms with Gasteiger partial charge in [0.25, 0.3) is 0 Å². The van der Waals surface area contributed by atoms with Crippen LogP contribution in [0.4, 0.5) is 0 Å². The molecule has 2 aromatic heterocycles. The average molecular weight is 543 g/mol. The number of hydrogen-bond acceptors (Lipinski definition) is 3. The molecule has 1 aromatic carbocycles. The van der Waals surface area contributed by atoms with E-state index in [0.717, 1.165) is 5.30 Å². The molecular weight excluding hydrogens is 530 g/mol. The van der Waals surface area contributed by atoms with Crippen molar-refractivity contribution in [3.8, 4) is 0 Å². The second-order valence-electron chi connectivity index (χ2n) is 4.32. The maximum absolute atomic E-state index is 13.7. The zero-order chi connectivity index (χ0) is 13.8. The first-order valence-electron chi connectivity index (χ1n) is 6.31. The van der Waals surface area contributed by atoms with Crippen LogP contribution in [-0.2, 0) is 24.7 Å². The van der Waals surface area contributed by atoms with E-state index in [1.54, 1.807) is 24.5 Å². The van der Waals surface area contributed by atoms with Crippen molar-refractivity contribution in [2.75, 3.05) is 0 Å². The van der Waals surface area contributed by atoms with Gasteiger partial charge in [-0.2, -0.15) is 0 Å². The van der Waals surface area contributed by atoms with E-state index in [2.05, 4.69) is 9.97 Å². The van der Waals surface area contributed by atoms with E-state index in [1.807, 2.05) is 54.6 Å². The van der Waals surface area contributed by atoms with Gasteiger partial charge < -0.3 is 29.4 Å². The average Bonchev–Trinajstić information content (AvgIpc) is 2.56. The van der Waals surface area contributed by atoms with E-state index in [1.165, 1.54) is 0 Å². The molecule has 3 rings (SSSR count). The van der Waals surface area contributed by atoms with E-state index < -0.39 is 7.14 Å². The Kier molecular flexibility index (Phi) is 9.53. The van der Waals surface area contributed by atoms with Crippen LogP contribution < -0.4 is 41.0 Å². The van der Waals surface area contributed by atoms with Crippen molar-refractivity contribution in [3.05, 3.63) is 79.1 Å². The number of pyridine rings is 2. The monoisotopic (exact) mass is 543 g/mol. The van der Waals surface area contributed by atoms with Crippen LogP contribution in [0.1, 0.15) is 0 Å². The van der Waals surface area contributed by atoms with E-state index >= 15 is 0 Å². The molecule has 0 amide bonds. The van der Waals surface area contributed by atoms with E-state index in [-0.39, 0.29) is 44.9 Å². The van der Waals surface area contributed by atoms with E-state index in [0.29, 0.717) is 10.9 Å². The summed E-state index contributed by atoms with van der Waals surface area (Å²) in [5.41, 5.74) is 1.12. The van der Waals surface area contributed by atoms with Crippen LogP contribution in [0.25, 0.3) is 0 Å². The zero-order valence-electron chi connectivity index (χ0n) is 11.8. The van der Waals surface area contributed by atoms with Crippen LogP contribution in [0, 0.1) is 0 Å². The summed E-state index contributed by atoms with van der Waals surface area (Å²) in [4.78, 5) is 8.60. The number of aromatic nitrogens is 2.